The first-order valence-corrected chi connectivity index (χ1v) is 6.50. The molecule has 1 amide bonds. The van der Waals surface area contributed by atoms with Gasteiger partial charge in [-0.05, 0) is 31.2 Å². The number of hydrogen-bond donors (Lipinski definition) is 1. The van der Waals surface area contributed by atoms with Crippen molar-refractivity contribution >= 4 is 35.1 Å². The van der Waals surface area contributed by atoms with Gasteiger partial charge >= 0.3 is 0 Å². The average molecular weight is 279 g/mol. The van der Waals surface area contributed by atoms with Gasteiger partial charge in [-0.15, -0.1) is 11.3 Å². The van der Waals surface area contributed by atoms with Crippen molar-refractivity contribution in [2.45, 2.75) is 6.92 Å². The summed E-state index contributed by atoms with van der Waals surface area (Å²) in [5, 5.41) is 3.88. The van der Waals surface area contributed by atoms with Crippen LogP contribution in [0.25, 0.3) is 0 Å². The van der Waals surface area contributed by atoms with Crippen molar-refractivity contribution in [3.05, 3.63) is 56.7 Å². The molecule has 18 heavy (non-hydrogen) atoms. The zero-order chi connectivity index (χ0) is 13.0. The van der Waals surface area contributed by atoms with E-state index in [1.807, 2.05) is 25.1 Å². The quantitative estimate of drug-likeness (QED) is 0.678. The summed E-state index contributed by atoms with van der Waals surface area (Å²) in [5.74, 6) is -0.228. The van der Waals surface area contributed by atoms with Crippen LogP contribution in [0, 0.1) is 6.92 Å². The van der Waals surface area contributed by atoms with Gasteiger partial charge in [0.05, 0.1) is 10.6 Å². The van der Waals surface area contributed by atoms with Crippen LogP contribution in [0.4, 0.5) is 0 Å². The normalized spacial score (nSPS) is 10.8. The average Bonchev–Trinajstić information content (AvgIpc) is 2.76. The maximum Gasteiger partial charge on any atom is 0.271 e. The molecule has 1 N–H and O–H groups in total. The van der Waals surface area contributed by atoms with Crippen LogP contribution in [0.3, 0.4) is 0 Å². The van der Waals surface area contributed by atoms with Crippen molar-refractivity contribution in [3.63, 3.8) is 0 Å². The molecule has 5 heteroatoms. The maximum absolute atomic E-state index is 11.7. The number of nitrogens with one attached hydrogen (secondary N) is 1. The number of carbonyl (C=O) groups excluding carboxylic acids is 1. The highest BCUT2D eigenvalue weighted by atomic mass is 35.5. The van der Waals surface area contributed by atoms with E-state index in [2.05, 4.69) is 10.5 Å². The third-order valence-corrected chi connectivity index (χ3v) is 3.43. The van der Waals surface area contributed by atoms with Crippen molar-refractivity contribution in [1.29, 1.82) is 0 Å². The summed E-state index contributed by atoms with van der Waals surface area (Å²) in [6.45, 7) is 1.97. The van der Waals surface area contributed by atoms with E-state index in [9.17, 15) is 4.79 Å². The van der Waals surface area contributed by atoms with Crippen molar-refractivity contribution in [2.75, 3.05) is 0 Å². The molecule has 0 saturated heterocycles. The number of amides is 1. The molecule has 1 aromatic carbocycles. The summed E-state index contributed by atoms with van der Waals surface area (Å²) >= 11 is 7.18. The van der Waals surface area contributed by atoms with E-state index in [4.69, 9.17) is 11.6 Å². The van der Waals surface area contributed by atoms with Crippen LogP contribution in [-0.2, 0) is 0 Å². The highest BCUT2D eigenvalue weighted by Crippen LogP contribution is 2.19. The van der Waals surface area contributed by atoms with Crippen LogP contribution in [-0.4, -0.2) is 12.1 Å². The van der Waals surface area contributed by atoms with Gasteiger partial charge in [0.1, 0.15) is 0 Å². The Morgan fingerprint density at radius 2 is 2.00 bits per heavy atom. The van der Waals surface area contributed by atoms with E-state index < -0.39 is 0 Å². The fraction of sp³-hybridized carbons (Fsp3) is 0.0769. The molecule has 2 aromatic rings. The Balaban J connectivity index is 1.96. The molecule has 0 aliphatic carbocycles. The summed E-state index contributed by atoms with van der Waals surface area (Å²) in [7, 11) is 0. The Morgan fingerprint density at radius 1 is 1.28 bits per heavy atom. The number of hydrogen-bond acceptors (Lipinski definition) is 3. The van der Waals surface area contributed by atoms with Crippen LogP contribution >= 0.6 is 22.9 Å². The number of rotatable bonds is 3. The van der Waals surface area contributed by atoms with Gasteiger partial charge in [-0.25, -0.2) is 5.43 Å². The molecule has 0 fully saturated rings. The van der Waals surface area contributed by atoms with Gasteiger partial charge in [-0.2, -0.15) is 5.10 Å². The number of aryl methyl sites for hydroxylation is 1. The topological polar surface area (TPSA) is 41.5 Å². The molecular formula is C13H11ClN2OS. The molecule has 0 saturated carbocycles. The molecule has 3 nitrogen and oxygen atoms in total. The second-order valence-corrected chi connectivity index (χ2v) is 5.45. The Labute approximate surface area is 114 Å². The zero-order valence-electron chi connectivity index (χ0n) is 9.68. The first kappa shape index (κ1) is 12.8. The molecule has 0 aliphatic rings. The SMILES string of the molecule is Cc1ccc(C(=O)N/N=C/c2ccc(Cl)s2)cc1. The summed E-state index contributed by atoms with van der Waals surface area (Å²) in [6, 6.07) is 10.9. The van der Waals surface area contributed by atoms with Gasteiger partial charge in [-0.3, -0.25) is 4.79 Å². The van der Waals surface area contributed by atoms with Crippen LogP contribution < -0.4 is 5.43 Å². The van der Waals surface area contributed by atoms with E-state index in [0.717, 1.165) is 10.4 Å². The smallest absolute Gasteiger partial charge is 0.267 e. The van der Waals surface area contributed by atoms with Gasteiger partial charge in [0.15, 0.2) is 0 Å². The molecule has 92 valence electrons. The summed E-state index contributed by atoms with van der Waals surface area (Å²) < 4.78 is 0.696. The molecule has 0 aliphatic heterocycles. The fourth-order valence-electron chi connectivity index (χ4n) is 1.32. The predicted molar refractivity (Wildman–Crippen MR) is 75.6 cm³/mol. The molecule has 0 spiro atoms. The molecule has 0 bridgehead atoms. The molecule has 0 radical (unpaired) electrons. The number of nitrogens with zero attached hydrogens (tertiary/aromatic N) is 1. The zero-order valence-corrected chi connectivity index (χ0v) is 11.3. The second kappa shape index (κ2) is 5.80. The minimum atomic E-state index is -0.228. The minimum absolute atomic E-state index is 0.228. The van der Waals surface area contributed by atoms with Gasteiger partial charge in [0, 0.05) is 10.4 Å². The number of thiophene rings is 1. The van der Waals surface area contributed by atoms with E-state index in [1.165, 1.54) is 11.3 Å². The summed E-state index contributed by atoms with van der Waals surface area (Å²) in [5.41, 5.74) is 4.17. The first-order valence-electron chi connectivity index (χ1n) is 5.30. The van der Waals surface area contributed by atoms with E-state index >= 15 is 0 Å². The second-order valence-electron chi connectivity index (χ2n) is 3.71. The molecule has 2 rings (SSSR count). The van der Waals surface area contributed by atoms with E-state index in [-0.39, 0.29) is 5.91 Å². The number of benzene rings is 1. The minimum Gasteiger partial charge on any atom is -0.267 e. The molecule has 0 unspecified atom stereocenters. The van der Waals surface area contributed by atoms with Crippen molar-refractivity contribution < 1.29 is 4.79 Å². The van der Waals surface area contributed by atoms with E-state index in [1.54, 1.807) is 24.4 Å². The van der Waals surface area contributed by atoms with Gasteiger partial charge in [0.2, 0.25) is 0 Å². The lowest BCUT2D eigenvalue weighted by molar-refractivity contribution is 0.0955. The Kier molecular flexibility index (Phi) is 4.12. The largest absolute Gasteiger partial charge is 0.271 e. The Hall–Kier alpha value is -1.65. The molecule has 1 aromatic heterocycles. The van der Waals surface area contributed by atoms with Crippen molar-refractivity contribution in [1.82, 2.24) is 5.43 Å². The fourth-order valence-corrected chi connectivity index (χ4v) is 2.25. The lowest BCUT2D eigenvalue weighted by Gasteiger charge is -1.99. The predicted octanol–water partition coefficient (Wildman–Crippen LogP) is 3.47. The molecular weight excluding hydrogens is 268 g/mol. The maximum atomic E-state index is 11.7. The first-order chi connectivity index (χ1) is 8.65. The number of halogens is 1. The van der Waals surface area contributed by atoms with Gasteiger partial charge in [0.25, 0.3) is 5.91 Å². The monoisotopic (exact) mass is 278 g/mol. The Morgan fingerprint density at radius 3 is 2.61 bits per heavy atom. The van der Waals surface area contributed by atoms with Crippen molar-refractivity contribution in [3.8, 4) is 0 Å². The highest BCUT2D eigenvalue weighted by Gasteiger charge is 2.02. The van der Waals surface area contributed by atoms with Gasteiger partial charge < -0.3 is 0 Å². The third kappa shape index (κ3) is 3.42. The summed E-state index contributed by atoms with van der Waals surface area (Å²) in [4.78, 5) is 12.6. The van der Waals surface area contributed by atoms with Crippen molar-refractivity contribution in [2.24, 2.45) is 5.10 Å². The number of hydrazone groups is 1. The Bertz CT molecular complexity index is 575. The lowest BCUT2D eigenvalue weighted by atomic mass is 10.1. The van der Waals surface area contributed by atoms with Crippen LogP contribution in [0.2, 0.25) is 4.34 Å². The molecule has 0 atom stereocenters. The van der Waals surface area contributed by atoms with E-state index in [0.29, 0.717) is 9.90 Å². The third-order valence-electron chi connectivity index (χ3n) is 2.27. The standard InChI is InChI=1S/C13H11ClN2OS/c1-9-2-4-10(5-3-9)13(17)16-15-8-11-6-7-12(14)18-11/h2-8H,1H3,(H,16,17)/b15-8+. The highest BCUT2D eigenvalue weighted by molar-refractivity contribution is 7.17. The summed E-state index contributed by atoms with van der Waals surface area (Å²) in [6.07, 6.45) is 1.57. The van der Waals surface area contributed by atoms with Crippen LogP contribution in [0.1, 0.15) is 20.8 Å². The van der Waals surface area contributed by atoms with Crippen LogP contribution in [0.5, 0.6) is 0 Å². The molecule has 1 heterocycles. The van der Waals surface area contributed by atoms with Crippen LogP contribution in [0.15, 0.2) is 41.5 Å². The van der Waals surface area contributed by atoms with Gasteiger partial charge in [-0.1, -0.05) is 29.3 Å². The number of carbonyl (C=O) groups is 1. The lowest BCUT2D eigenvalue weighted by Crippen LogP contribution is -2.17.